The van der Waals surface area contributed by atoms with Crippen LogP contribution in [0.2, 0.25) is 0 Å². The lowest BCUT2D eigenvalue weighted by atomic mass is 10.0. The highest BCUT2D eigenvalue weighted by molar-refractivity contribution is 6.56. The Hall–Kier alpha value is -0.720. The summed E-state index contributed by atoms with van der Waals surface area (Å²) in [5, 5.41) is 0. The summed E-state index contributed by atoms with van der Waals surface area (Å²) in [6.07, 6.45) is 1.77. The second-order valence-corrected chi connectivity index (χ2v) is 4.22. The Morgan fingerprint density at radius 3 is 2.07 bits per heavy atom. The van der Waals surface area contributed by atoms with E-state index in [0.29, 0.717) is 0 Å². The van der Waals surface area contributed by atoms with E-state index in [1.54, 1.807) is 6.08 Å². The van der Waals surface area contributed by atoms with Crippen molar-refractivity contribution in [3.63, 3.8) is 0 Å². The van der Waals surface area contributed by atoms with E-state index in [0.717, 1.165) is 11.1 Å². The lowest BCUT2D eigenvalue weighted by molar-refractivity contribution is 1.39. The molecule has 74 valence electrons. The topological polar surface area (TPSA) is 0 Å². The molecule has 0 aliphatic carbocycles. The quantitative estimate of drug-likeness (QED) is 0.636. The molecule has 14 heavy (non-hydrogen) atoms. The van der Waals surface area contributed by atoms with Gasteiger partial charge in [0.25, 0.3) is 0 Å². The zero-order valence-corrected chi connectivity index (χ0v) is 9.73. The predicted molar refractivity (Wildman–Crippen MR) is 64.5 cm³/mol. The molecule has 0 atom stereocenters. The van der Waals surface area contributed by atoms with Crippen molar-refractivity contribution >= 4 is 28.8 Å². The SMILES string of the molecule is CC(C)=C(C=C(Cl)Cl)c1ccccc1. The summed E-state index contributed by atoms with van der Waals surface area (Å²) >= 11 is 11.3. The second kappa shape index (κ2) is 5.23. The van der Waals surface area contributed by atoms with Gasteiger partial charge in [-0.05, 0) is 31.1 Å². The fourth-order valence-electron chi connectivity index (χ4n) is 1.24. The molecule has 0 unspecified atom stereocenters. The zero-order chi connectivity index (χ0) is 10.6. The molecule has 0 aromatic heterocycles. The molecule has 0 spiro atoms. The minimum Gasteiger partial charge on any atom is -0.0709 e. The van der Waals surface area contributed by atoms with Crippen molar-refractivity contribution in [3.05, 3.63) is 52.0 Å². The van der Waals surface area contributed by atoms with Gasteiger partial charge in [0.1, 0.15) is 4.49 Å². The second-order valence-electron chi connectivity index (χ2n) is 3.21. The van der Waals surface area contributed by atoms with Crippen molar-refractivity contribution in [2.24, 2.45) is 0 Å². The summed E-state index contributed by atoms with van der Waals surface area (Å²) in [5.41, 5.74) is 3.40. The van der Waals surface area contributed by atoms with Crippen LogP contribution < -0.4 is 0 Å². The van der Waals surface area contributed by atoms with Gasteiger partial charge in [-0.1, -0.05) is 59.1 Å². The fraction of sp³-hybridized carbons (Fsp3) is 0.167. The van der Waals surface area contributed by atoms with Gasteiger partial charge >= 0.3 is 0 Å². The molecule has 0 aliphatic heterocycles. The van der Waals surface area contributed by atoms with Crippen LogP contribution in [-0.4, -0.2) is 0 Å². The molecular weight excluding hydrogens is 215 g/mol. The molecule has 2 heteroatoms. The molecule has 0 saturated heterocycles. The average Bonchev–Trinajstić information content (AvgIpc) is 2.15. The summed E-state index contributed by atoms with van der Waals surface area (Å²) in [4.78, 5) is 0. The van der Waals surface area contributed by atoms with E-state index in [4.69, 9.17) is 23.2 Å². The Labute approximate surface area is 94.8 Å². The van der Waals surface area contributed by atoms with Crippen molar-refractivity contribution < 1.29 is 0 Å². The number of hydrogen-bond donors (Lipinski definition) is 0. The maximum atomic E-state index is 5.66. The van der Waals surface area contributed by atoms with Crippen molar-refractivity contribution in [1.82, 2.24) is 0 Å². The van der Waals surface area contributed by atoms with E-state index >= 15 is 0 Å². The Bertz CT molecular complexity index is 353. The summed E-state index contributed by atoms with van der Waals surface area (Å²) in [5.74, 6) is 0. The minimum absolute atomic E-state index is 0.282. The van der Waals surface area contributed by atoms with Gasteiger partial charge in [0.05, 0.1) is 0 Å². The predicted octanol–water partition coefficient (Wildman–Crippen LogP) is 4.80. The highest BCUT2D eigenvalue weighted by atomic mass is 35.5. The van der Waals surface area contributed by atoms with Crippen LogP contribution in [0.25, 0.3) is 5.57 Å². The molecule has 0 heterocycles. The number of benzene rings is 1. The van der Waals surface area contributed by atoms with Crippen LogP contribution in [0.1, 0.15) is 19.4 Å². The Morgan fingerprint density at radius 1 is 1.07 bits per heavy atom. The van der Waals surface area contributed by atoms with Gasteiger partial charge in [-0.3, -0.25) is 0 Å². The molecule has 0 fully saturated rings. The highest BCUT2D eigenvalue weighted by Crippen LogP contribution is 2.23. The number of hydrogen-bond acceptors (Lipinski definition) is 0. The first-order chi connectivity index (χ1) is 6.61. The van der Waals surface area contributed by atoms with Crippen LogP contribution in [0.4, 0.5) is 0 Å². The largest absolute Gasteiger partial charge is 0.107 e. The van der Waals surface area contributed by atoms with Crippen molar-refractivity contribution in [1.29, 1.82) is 0 Å². The lowest BCUT2D eigenvalue weighted by Crippen LogP contribution is -1.83. The van der Waals surface area contributed by atoms with E-state index in [1.807, 2.05) is 44.2 Å². The van der Waals surface area contributed by atoms with E-state index in [9.17, 15) is 0 Å². The Balaban J connectivity index is 3.17. The molecule has 0 bridgehead atoms. The van der Waals surface area contributed by atoms with Gasteiger partial charge in [-0.2, -0.15) is 0 Å². The first-order valence-corrected chi connectivity index (χ1v) is 5.12. The van der Waals surface area contributed by atoms with Crippen LogP contribution in [0, 0.1) is 0 Å². The maximum absolute atomic E-state index is 5.66. The van der Waals surface area contributed by atoms with Crippen molar-refractivity contribution in [2.45, 2.75) is 13.8 Å². The Kier molecular flexibility index (Phi) is 4.24. The van der Waals surface area contributed by atoms with Crippen LogP contribution in [0.3, 0.4) is 0 Å². The summed E-state index contributed by atoms with van der Waals surface area (Å²) in [6.45, 7) is 4.07. The van der Waals surface area contributed by atoms with Gasteiger partial charge in [-0.15, -0.1) is 0 Å². The normalized spacial score (nSPS) is 9.43. The monoisotopic (exact) mass is 226 g/mol. The van der Waals surface area contributed by atoms with Gasteiger partial charge in [0, 0.05) is 0 Å². The molecule has 0 N–H and O–H groups in total. The van der Waals surface area contributed by atoms with Crippen LogP contribution in [0.5, 0.6) is 0 Å². The van der Waals surface area contributed by atoms with E-state index in [2.05, 4.69) is 0 Å². The third-order valence-corrected chi connectivity index (χ3v) is 2.10. The summed E-state index contributed by atoms with van der Waals surface area (Å²) in [7, 11) is 0. The summed E-state index contributed by atoms with van der Waals surface area (Å²) < 4.78 is 0.282. The third-order valence-electron chi connectivity index (χ3n) is 1.88. The lowest BCUT2D eigenvalue weighted by Gasteiger charge is -2.04. The zero-order valence-electron chi connectivity index (χ0n) is 8.22. The minimum atomic E-state index is 0.282. The molecule has 1 aromatic rings. The van der Waals surface area contributed by atoms with Gasteiger partial charge < -0.3 is 0 Å². The van der Waals surface area contributed by atoms with E-state index in [-0.39, 0.29) is 4.49 Å². The number of halogens is 2. The molecule has 0 aliphatic rings. The van der Waals surface area contributed by atoms with E-state index in [1.165, 1.54) is 5.57 Å². The molecule has 0 amide bonds. The number of rotatable bonds is 2. The standard InChI is InChI=1S/C12H12Cl2/c1-9(2)11(8-12(13)14)10-6-4-3-5-7-10/h3-8H,1-2H3. The van der Waals surface area contributed by atoms with Crippen LogP contribution >= 0.6 is 23.2 Å². The smallest absolute Gasteiger partial charge is 0.0709 e. The third kappa shape index (κ3) is 3.21. The number of allylic oxidation sites excluding steroid dienone is 3. The molecule has 1 rings (SSSR count). The molecule has 0 saturated carbocycles. The highest BCUT2D eigenvalue weighted by Gasteiger charge is 2.00. The van der Waals surface area contributed by atoms with Crippen LogP contribution in [-0.2, 0) is 0 Å². The first kappa shape index (κ1) is 11.4. The molecule has 1 aromatic carbocycles. The van der Waals surface area contributed by atoms with Crippen molar-refractivity contribution in [3.8, 4) is 0 Å². The summed E-state index contributed by atoms with van der Waals surface area (Å²) in [6, 6.07) is 10.0. The van der Waals surface area contributed by atoms with Crippen molar-refractivity contribution in [2.75, 3.05) is 0 Å². The first-order valence-electron chi connectivity index (χ1n) is 4.37. The van der Waals surface area contributed by atoms with Gasteiger partial charge in [0.2, 0.25) is 0 Å². The molecule has 0 radical (unpaired) electrons. The molecule has 0 nitrogen and oxygen atoms in total. The average molecular weight is 227 g/mol. The van der Waals surface area contributed by atoms with Gasteiger partial charge in [-0.25, -0.2) is 0 Å². The van der Waals surface area contributed by atoms with Gasteiger partial charge in [0.15, 0.2) is 0 Å². The van der Waals surface area contributed by atoms with E-state index < -0.39 is 0 Å². The maximum Gasteiger partial charge on any atom is 0.107 e. The van der Waals surface area contributed by atoms with Crippen LogP contribution in [0.15, 0.2) is 46.5 Å². The molecular formula is C12H12Cl2. The Morgan fingerprint density at radius 2 is 1.64 bits per heavy atom. The fourth-order valence-corrected chi connectivity index (χ4v) is 1.46.